The number of allylic oxidation sites excluding steroid dienone is 5. The van der Waals surface area contributed by atoms with Crippen LogP contribution in [0.15, 0.2) is 53.7 Å². The van der Waals surface area contributed by atoms with Crippen LogP contribution in [0.25, 0.3) is 0 Å². The molecule has 1 aromatic heterocycles. The zero-order chi connectivity index (χ0) is 24.0. The monoisotopic (exact) mass is 458 g/mol. The molecule has 0 aromatic carbocycles. The summed E-state index contributed by atoms with van der Waals surface area (Å²) < 4.78 is 25.5. The number of carbonyl (C=O) groups excluding carboxylic acids is 2. The topological polar surface area (TPSA) is 76.9 Å². The number of methoxy groups -OCH3 is 2. The number of urea groups is 1. The van der Waals surface area contributed by atoms with Crippen molar-refractivity contribution < 1.29 is 23.5 Å². The highest BCUT2D eigenvalue weighted by atomic mass is 19.1. The molecular formula is C24H31FN4O4. The van der Waals surface area contributed by atoms with Crippen molar-refractivity contribution in [3.8, 4) is 0 Å². The van der Waals surface area contributed by atoms with Crippen LogP contribution in [-0.2, 0) is 16.0 Å². The maximum absolute atomic E-state index is 14.0. The van der Waals surface area contributed by atoms with Crippen LogP contribution in [0.3, 0.4) is 0 Å². The van der Waals surface area contributed by atoms with Crippen LogP contribution in [0.1, 0.15) is 30.8 Å². The average molecular weight is 459 g/mol. The van der Waals surface area contributed by atoms with Gasteiger partial charge < -0.3 is 14.4 Å². The van der Waals surface area contributed by atoms with Gasteiger partial charge in [0.1, 0.15) is 11.4 Å². The molecule has 1 aliphatic carbocycles. The van der Waals surface area contributed by atoms with E-state index in [1.807, 2.05) is 31.2 Å². The highest BCUT2D eigenvalue weighted by Crippen LogP contribution is 2.26. The molecule has 1 saturated heterocycles. The third-order valence-electron chi connectivity index (χ3n) is 5.61. The summed E-state index contributed by atoms with van der Waals surface area (Å²) in [4.78, 5) is 28.6. The minimum atomic E-state index is -1.34. The fourth-order valence-corrected chi connectivity index (χ4v) is 3.66. The number of alkyl halides is 1. The van der Waals surface area contributed by atoms with Crippen molar-refractivity contribution in [2.24, 2.45) is 0 Å². The van der Waals surface area contributed by atoms with E-state index in [2.05, 4.69) is 5.10 Å². The molecule has 0 radical (unpaired) electrons. The normalized spacial score (nSPS) is 21.3. The second-order valence-electron chi connectivity index (χ2n) is 8.21. The van der Waals surface area contributed by atoms with Crippen LogP contribution in [0, 0.1) is 0 Å². The van der Waals surface area contributed by atoms with Gasteiger partial charge in [0.15, 0.2) is 5.82 Å². The lowest BCUT2D eigenvalue weighted by Gasteiger charge is -2.22. The van der Waals surface area contributed by atoms with Crippen molar-refractivity contribution in [2.75, 3.05) is 45.4 Å². The van der Waals surface area contributed by atoms with Gasteiger partial charge in [-0.3, -0.25) is 9.58 Å². The number of rotatable bonds is 9. The molecule has 9 heteroatoms. The van der Waals surface area contributed by atoms with Crippen LogP contribution in [0.2, 0.25) is 0 Å². The Morgan fingerprint density at radius 1 is 1.33 bits per heavy atom. The molecule has 1 atom stereocenters. The first kappa shape index (κ1) is 24.4. The fraction of sp³-hybridized carbons (Fsp3) is 0.458. The van der Waals surface area contributed by atoms with Crippen molar-refractivity contribution in [3.05, 3.63) is 59.4 Å². The largest absolute Gasteiger partial charge is 0.464 e. The molecule has 1 aliphatic heterocycles. The minimum Gasteiger partial charge on any atom is -0.464 e. The Morgan fingerprint density at radius 2 is 2.12 bits per heavy atom. The molecule has 0 bridgehead atoms. The molecule has 2 heterocycles. The first-order valence-electron chi connectivity index (χ1n) is 10.9. The van der Waals surface area contributed by atoms with E-state index >= 15 is 0 Å². The molecule has 2 aliphatic rings. The van der Waals surface area contributed by atoms with Gasteiger partial charge >= 0.3 is 12.0 Å². The number of ether oxygens (including phenoxy) is 2. The number of aromatic nitrogens is 2. The summed E-state index contributed by atoms with van der Waals surface area (Å²) in [6.07, 6.45) is 11.1. The quantitative estimate of drug-likeness (QED) is 0.417. The number of nitrogens with zero attached hydrogens (tertiary/aromatic N) is 4. The highest BCUT2D eigenvalue weighted by Gasteiger charge is 2.33. The molecule has 0 spiro atoms. The van der Waals surface area contributed by atoms with E-state index in [9.17, 15) is 14.0 Å². The molecule has 178 valence electrons. The highest BCUT2D eigenvalue weighted by molar-refractivity contribution is 5.95. The SMILES string of the molecule is CC=C(C=CCOC)Cn1nc(N2CCN(CC3=CCC(C)(F)C=C3)C2=O)cc1C(=O)OC. The smallest absolute Gasteiger partial charge is 0.356 e. The van der Waals surface area contributed by atoms with Crippen molar-refractivity contribution >= 4 is 17.8 Å². The maximum Gasteiger partial charge on any atom is 0.356 e. The predicted molar refractivity (Wildman–Crippen MR) is 124 cm³/mol. The third-order valence-corrected chi connectivity index (χ3v) is 5.61. The van der Waals surface area contributed by atoms with Gasteiger partial charge in [0, 0.05) is 39.2 Å². The van der Waals surface area contributed by atoms with E-state index in [1.165, 1.54) is 24.8 Å². The van der Waals surface area contributed by atoms with E-state index in [0.29, 0.717) is 45.0 Å². The Kier molecular flexibility index (Phi) is 7.86. The summed E-state index contributed by atoms with van der Waals surface area (Å²) >= 11 is 0. The second-order valence-corrected chi connectivity index (χ2v) is 8.21. The number of carbonyl (C=O) groups is 2. The Labute approximate surface area is 193 Å². The lowest BCUT2D eigenvalue weighted by molar-refractivity contribution is 0.0587. The minimum absolute atomic E-state index is 0.204. The summed E-state index contributed by atoms with van der Waals surface area (Å²) in [5, 5.41) is 4.54. The summed E-state index contributed by atoms with van der Waals surface area (Å²) in [5.41, 5.74) is 0.754. The van der Waals surface area contributed by atoms with Crippen LogP contribution < -0.4 is 4.90 Å². The number of anilines is 1. The van der Waals surface area contributed by atoms with Gasteiger partial charge in [-0.1, -0.05) is 30.4 Å². The molecule has 1 fully saturated rings. The van der Waals surface area contributed by atoms with E-state index in [4.69, 9.17) is 9.47 Å². The van der Waals surface area contributed by atoms with Gasteiger partial charge in [-0.15, -0.1) is 0 Å². The van der Waals surface area contributed by atoms with Crippen molar-refractivity contribution in [2.45, 2.75) is 32.5 Å². The van der Waals surface area contributed by atoms with Gasteiger partial charge in [-0.05, 0) is 31.1 Å². The fourth-order valence-electron chi connectivity index (χ4n) is 3.66. The zero-order valence-electron chi connectivity index (χ0n) is 19.6. The molecule has 1 unspecified atom stereocenters. The molecule has 3 rings (SSSR count). The van der Waals surface area contributed by atoms with Crippen LogP contribution in [-0.4, -0.2) is 72.8 Å². The molecule has 1 aromatic rings. The molecular weight excluding hydrogens is 427 g/mol. The van der Waals surface area contributed by atoms with Gasteiger partial charge in [-0.25, -0.2) is 14.0 Å². The van der Waals surface area contributed by atoms with Crippen molar-refractivity contribution in [1.29, 1.82) is 0 Å². The third kappa shape index (κ3) is 5.98. The number of hydrogen-bond donors (Lipinski definition) is 0. The number of amides is 2. The molecule has 33 heavy (non-hydrogen) atoms. The van der Waals surface area contributed by atoms with Gasteiger partial charge in [-0.2, -0.15) is 5.10 Å². The predicted octanol–water partition coefficient (Wildman–Crippen LogP) is 3.68. The van der Waals surface area contributed by atoms with Crippen LogP contribution in [0.5, 0.6) is 0 Å². The Morgan fingerprint density at radius 3 is 2.76 bits per heavy atom. The number of hydrogen-bond acceptors (Lipinski definition) is 5. The Hall–Kier alpha value is -3.20. The van der Waals surface area contributed by atoms with E-state index in [0.717, 1.165) is 11.1 Å². The van der Waals surface area contributed by atoms with Gasteiger partial charge in [0.25, 0.3) is 0 Å². The standard InChI is InChI=1S/C24H31FN4O4/c1-5-18(7-6-14-32-3)17-29-20(22(30)33-4)15-21(26-29)28-13-12-27(23(28)31)16-19-8-10-24(2,25)11-9-19/h5-10,15H,11-14,16-17H2,1-4H3. The first-order valence-corrected chi connectivity index (χ1v) is 10.9. The Balaban J connectivity index is 1.76. The lowest BCUT2D eigenvalue weighted by atomic mass is 9.95. The summed E-state index contributed by atoms with van der Waals surface area (Å²) in [7, 11) is 2.93. The zero-order valence-corrected chi connectivity index (χ0v) is 19.6. The van der Waals surface area contributed by atoms with Gasteiger partial charge in [0.05, 0.1) is 20.3 Å². The summed E-state index contributed by atoms with van der Waals surface area (Å²) in [6, 6.07) is 1.37. The number of esters is 1. The number of halogens is 1. The van der Waals surface area contributed by atoms with Crippen molar-refractivity contribution in [3.63, 3.8) is 0 Å². The second kappa shape index (κ2) is 10.6. The van der Waals surface area contributed by atoms with E-state index < -0.39 is 11.6 Å². The lowest BCUT2D eigenvalue weighted by Crippen LogP contribution is -2.33. The van der Waals surface area contributed by atoms with Crippen LogP contribution in [0.4, 0.5) is 15.0 Å². The van der Waals surface area contributed by atoms with E-state index in [-0.39, 0.29) is 11.7 Å². The van der Waals surface area contributed by atoms with Crippen molar-refractivity contribution in [1.82, 2.24) is 14.7 Å². The maximum atomic E-state index is 14.0. The Bertz CT molecular complexity index is 1010. The molecule has 8 nitrogen and oxygen atoms in total. The molecule has 0 N–H and O–H groups in total. The summed E-state index contributed by atoms with van der Waals surface area (Å²) in [5.74, 6) is -0.135. The van der Waals surface area contributed by atoms with E-state index in [1.54, 1.807) is 29.1 Å². The van der Waals surface area contributed by atoms with Gasteiger partial charge in [0.2, 0.25) is 0 Å². The van der Waals surface area contributed by atoms with Crippen LogP contribution >= 0.6 is 0 Å². The summed E-state index contributed by atoms with van der Waals surface area (Å²) in [6.45, 7) is 5.60. The average Bonchev–Trinajstić information content (AvgIpc) is 3.37. The molecule has 2 amide bonds. The first-order chi connectivity index (χ1) is 15.8. The molecule has 0 saturated carbocycles.